The molecule has 0 aliphatic carbocycles. The van der Waals surface area contributed by atoms with Crippen LogP contribution in [0.15, 0.2) is 71.1 Å². The molecule has 0 unspecified atom stereocenters. The summed E-state index contributed by atoms with van der Waals surface area (Å²) in [5.41, 5.74) is 17.4. The molecule has 112 valence electrons. The monoisotopic (exact) mass is 301 g/mol. The first kappa shape index (κ1) is 13.4. The molecule has 0 atom stereocenters. The highest BCUT2D eigenvalue weighted by Gasteiger charge is 2.17. The molecular weight excluding hydrogens is 286 g/mol. The molecule has 1 aromatic heterocycles. The van der Waals surface area contributed by atoms with Gasteiger partial charge in [0.1, 0.15) is 5.52 Å². The van der Waals surface area contributed by atoms with E-state index in [2.05, 4.69) is 4.98 Å². The molecule has 4 heteroatoms. The largest absolute Gasteiger partial charge is 0.436 e. The highest BCUT2D eigenvalue weighted by Crippen LogP contribution is 2.39. The van der Waals surface area contributed by atoms with E-state index in [0.717, 1.165) is 22.2 Å². The molecule has 0 amide bonds. The molecule has 0 bridgehead atoms. The van der Waals surface area contributed by atoms with Gasteiger partial charge in [-0.25, -0.2) is 4.98 Å². The second kappa shape index (κ2) is 5.18. The Bertz CT molecular complexity index is 976. The van der Waals surface area contributed by atoms with Gasteiger partial charge in [0.05, 0.1) is 11.4 Å². The summed E-state index contributed by atoms with van der Waals surface area (Å²) in [6, 6.07) is 21.4. The third kappa shape index (κ3) is 2.21. The number of oxazole rings is 1. The summed E-state index contributed by atoms with van der Waals surface area (Å²) in [6.45, 7) is 0. The number of anilines is 2. The van der Waals surface area contributed by atoms with Gasteiger partial charge in [0.2, 0.25) is 5.89 Å². The number of fused-ring (bicyclic) bond motifs is 1. The van der Waals surface area contributed by atoms with Gasteiger partial charge >= 0.3 is 0 Å². The lowest BCUT2D eigenvalue weighted by Crippen LogP contribution is -1.98. The molecular formula is C19H15N3O. The highest BCUT2D eigenvalue weighted by atomic mass is 16.3. The molecule has 0 aliphatic rings. The highest BCUT2D eigenvalue weighted by molar-refractivity contribution is 6.03. The fourth-order valence-corrected chi connectivity index (χ4v) is 2.70. The van der Waals surface area contributed by atoms with Crippen LogP contribution in [-0.4, -0.2) is 4.98 Å². The lowest BCUT2D eigenvalue weighted by atomic mass is 10.0. The Labute approximate surface area is 133 Å². The van der Waals surface area contributed by atoms with E-state index in [1.807, 2.05) is 60.7 Å². The maximum Gasteiger partial charge on any atom is 0.227 e. The number of nitrogen functional groups attached to an aromatic ring is 2. The van der Waals surface area contributed by atoms with E-state index in [1.54, 1.807) is 6.07 Å². The lowest BCUT2D eigenvalue weighted by molar-refractivity contribution is 0.620. The Hall–Kier alpha value is -3.27. The van der Waals surface area contributed by atoms with Gasteiger partial charge < -0.3 is 15.9 Å². The van der Waals surface area contributed by atoms with E-state index in [0.29, 0.717) is 22.8 Å². The summed E-state index contributed by atoms with van der Waals surface area (Å²) < 4.78 is 5.91. The molecule has 0 saturated carbocycles. The van der Waals surface area contributed by atoms with Crippen molar-refractivity contribution >= 4 is 22.5 Å². The molecule has 4 N–H and O–H groups in total. The van der Waals surface area contributed by atoms with Gasteiger partial charge in [-0.2, -0.15) is 0 Å². The number of hydrogen-bond acceptors (Lipinski definition) is 4. The van der Waals surface area contributed by atoms with Gasteiger partial charge in [0, 0.05) is 17.2 Å². The minimum atomic E-state index is 0.493. The number of aromatic nitrogens is 1. The summed E-state index contributed by atoms with van der Waals surface area (Å²) in [7, 11) is 0. The predicted molar refractivity (Wildman–Crippen MR) is 93.7 cm³/mol. The van der Waals surface area contributed by atoms with Gasteiger partial charge in [0.15, 0.2) is 5.58 Å². The fourth-order valence-electron chi connectivity index (χ4n) is 2.70. The third-order valence-electron chi connectivity index (χ3n) is 3.84. The number of nitrogens with zero attached hydrogens (tertiary/aromatic N) is 1. The van der Waals surface area contributed by atoms with Crippen molar-refractivity contribution in [3.8, 4) is 22.6 Å². The second-order valence-electron chi connectivity index (χ2n) is 5.35. The smallest absolute Gasteiger partial charge is 0.227 e. The van der Waals surface area contributed by atoms with Crippen molar-refractivity contribution in [1.29, 1.82) is 0 Å². The standard InChI is InChI=1S/C19H15N3O/c20-14-11-15-18(16(17(14)21)12-7-3-1-4-8-12)22-19(23-15)13-9-5-2-6-10-13/h1-11H,20-21H2. The van der Waals surface area contributed by atoms with Crippen molar-refractivity contribution in [3.05, 3.63) is 66.7 Å². The Kier molecular flexibility index (Phi) is 3.01. The van der Waals surface area contributed by atoms with E-state index in [1.165, 1.54) is 0 Å². The van der Waals surface area contributed by atoms with Gasteiger partial charge in [-0.05, 0) is 17.7 Å². The van der Waals surface area contributed by atoms with Crippen molar-refractivity contribution in [2.24, 2.45) is 0 Å². The first-order valence-electron chi connectivity index (χ1n) is 7.33. The Morgan fingerprint density at radius 1 is 0.783 bits per heavy atom. The molecule has 1 heterocycles. The van der Waals surface area contributed by atoms with E-state index in [-0.39, 0.29) is 0 Å². The van der Waals surface area contributed by atoms with E-state index in [4.69, 9.17) is 15.9 Å². The Morgan fingerprint density at radius 2 is 1.39 bits per heavy atom. The van der Waals surface area contributed by atoms with Crippen molar-refractivity contribution < 1.29 is 4.42 Å². The SMILES string of the molecule is Nc1cc2oc(-c3ccccc3)nc2c(-c2ccccc2)c1N. The molecule has 0 saturated heterocycles. The van der Waals surface area contributed by atoms with Crippen LogP contribution in [0.3, 0.4) is 0 Å². The molecule has 0 aliphatic heterocycles. The van der Waals surface area contributed by atoms with Crippen LogP contribution in [0.5, 0.6) is 0 Å². The van der Waals surface area contributed by atoms with Crippen molar-refractivity contribution in [2.45, 2.75) is 0 Å². The lowest BCUT2D eigenvalue weighted by Gasteiger charge is -2.08. The molecule has 4 rings (SSSR count). The van der Waals surface area contributed by atoms with Crippen LogP contribution in [-0.2, 0) is 0 Å². The van der Waals surface area contributed by atoms with E-state index in [9.17, 15) is 0 Å². The quantitative estimate of drug-likeness (QED) is 0.540. The normalized spacial score (nSPS) is 11.0. The molecule has 0 fully saturated rings. The zero-order valence-electron chi connectivity index (χ0n) is 12.4. The Balaban J connectivity index is 2.02. The Morgan fingerprint density at radius 3 is 2.04 bits per heavy atom. The number of benzene rings is 3. The average Bonchev–Trinajstić information content (AvgIpc) is 3.01. The zero-order valence-corrected chi connectivity index (χ0v) is 12.4. The molecule has 3 aromatic carbocycles. The number of nitrogens with two attached hydrogens (primary N) is 2. The number of hydrogen-bond donors (Lipinski definition) is 2. The van der Waals surface area contributed by atoms with Crippen LogP contribution in [0.4, 0.5) is 11.4 Å². The van der Waals surface area contributed by atoms with E-state index < -0.39 is 0 Å². The van der Waals surface area contributed by atoms with Crippen molar-refractivity contribution in [1.82, 2.24) is 4.98 Å². The summed E-state index contributed by atoms with van der Waals surface area (Å²) in [6.07, 6.45) is 0. The molecule has 0 radical (unpaired) electrons. The van der Waals surface area contributed by atoms with Gasteiger partial charge in [-0.3, -0.25) is 0 Å². The summed E-state index contributed by atoms with van der Waals surface area (Å²) in [4.78, 5) is 4.66. The van der Waals surface area contributed by atoms with Crippen LogP contribution < -0.4 is 11.5 Å². The predicted octanol–water partition coefficient (Wildman–Crippen LogP) is 4.33. The van der Waals surface area contributed by atoms with Crippen LogP contribution in [0.25, 0.3) is 33.7 Å². The maximum atomic E-state index is 6.22. The zero-order chi connectivity index (χ0) is 15.8. The average molecular weight is 301 g/mol. The van der Waals surface area contributed by atoms with Crippen LogP contribution in [0, 0.1) is 0 Å². The van der Waals surface area contributed by atoms with Crippen molar-refractivity contribution in [2.75, 3.05) is 11.5 Å². The molecule has 0 spiro atoms. The van der Waals surface area contributed by atoms with Crippen LogP contribution >= 0.6 is 0 Å². The second-order valence-corrected chi connectivity index (χ2v) is 5.35. The summed E-state index contributed by atoms with van der Waals surface area (Å²) in [5, 5.41) is 0. The minimum absolute atomic E-state index is 0.493. The van der Waals surface area contributed by atoms with Crippen molar-refractivity contribution in [3.63, 3.8) is 0 Å². The molecule has 4 nitrogen and oxygen atoms in total. The topological polar surface area (TPSA) is 78.1 Å². The van der Waals surface area contributed by atoms with Crippen LogP contribution in [0.1, 0.15) is 0 Å². The summed E-state index contributed by atoms with van der Waals surface area (Å²) >= 11 is 0. The van der Waals surface area contributed by atoms with Gasteiger partial charge in [-0.15, -0.1) is 0 Å². The van der Waals surface area contributed by atoms with Gasteiger partial charge in [0.25, 0.3) is 0 Å². The summed E-state index contributed by atoms with van der Waals surface area (Å²) in [5.74, 6) is 0.558. The first-order chi connectivity index (χ1) is 11.2. The minimum Gasteiger partial charge on any atom is -0.436 e. The third-order valence-corrected chi connectivity index (χ3v) is 3.84. The fraction of sp³-hybridized carbons (Fsp3) is 0. The maximum absolute atomic E-state index is 6.22. The van der Waals surface area contributed by atoms with E-state index >= 15 is 0 Å². The molecule has 23 heavy (non-hydrogen) atoms. The van der Waals surface area contributed by atoms with Crippen LogP contribution in [0.2, 0.25) is 0 Å². The first-order valence-corrected chi connectivity index (χ1v) is 7.33. The molecule has 4 aromatic rings. The number of rotatable bonds is 2. The van der Waals surface area contributed by atoms with Gasteiger partial charge in [-0.1, -0.05) is 48.5 Å².